The zero-order valence-corrected chi connectivity index (χ0v) is 15.8. The van der Waals surface area contributed by atoms with Gasteiger partial charge in [0.25, 0.3) is 0 Å². The van der Waals surface area contributed by atoms with Crippen molar-refractivity contribution < 1.29 is 0 Å². The second-order valence-electron chi connectivity index (χ2n) is 10.9. The Kier molecular flexibility index (Phi) is 3.36. The molecule has 0 amide bonds. The van der Waals surface area contributed by atoms with Crippen molar-refractivity contribution in [2.24, 2.45) is 45.8 Å². The van der Waals surface area contributed by atoms with Crippen molar-refractivity contribution in [3.05, 3.63) is 0 Å². The van der Waals surface area contributed by atoms with Gasteiger partial charge in [-0.15, -0.1) is 0 Å². The van der Waals surface area contributed by atoms with Gasteiger partial charge in [0.2, 0.25) is 0 Å². The first-order valence-corrected chi connectivity index (χ1v) is 10.3. The third-order valence-electron chi connectivity index (χ3n) is 9.94. The lowest BCUT2D eigenvalue weighted by molar-refractivity contribution is -0.126. The van der Waals surface area contributed by atoms with Crippen molar-refractivity contribution in [2.45, 2.75) is 92.4 Å². The molecule has 0 heteroatoms. The molecule has 4 rings (SSSR count). The normalized spacial score (nSPS) is 56.9. The predicted molar refractivity (Wildman–Crippen MR) is 94.7 cm³/mol. The summed E-state index contributed by atoms with van der Waals surface area (Å²) in [4.78, 5) is 0. The number of hydrogen-bond acceptors (Lipinski definition) is 0. The minimum atomic E-state index is 0.585. The molecule has 0 aromatic heterocycles. The quantitative estimate of drug-likeness (QED) is 0.467. The van der Waals surface area contributed by atoms with Crippen molar-refractivity contribution in [3.63, 3.8) is 0 Å². The summed E-state index contributed by atoms with van der Waals surface area (Å²) < 4.78 is 0. The van der Waals surface area contributed by atoms with Crippen LogP contribution in [-0.4, -0.2) is 0 Å². The van der Waals surface area contributed by atoms with E-state index >= 15 is 0 Å². The monoisotopic (exact) mass is 302 g/mol. The summed E-state index contributed by atoms with van der Waals surface area (Å²) in [6.45, 7) is 13.0. The Morgan fingerprint density at radius 3 is 2.23 bits per heavy atom. The summed E-state index contributed by atoms with van der Waals surface area (Å²) in [7, 11) is 0. The van der Waals surface area contributed by atoms with Crippen molar-refractivity contribution in [2.75, 3.05) is 0 Å². The van der Waals surface area contributed by atoms with Gasteiger partial charge in [-0.3, -0.25) is 0 Å². The Labute approximate surface area is 138 Å². The summed E-state index contributed by atoms with van der Waals surface area (Å²) in [6.07, 6.45) is 13.8. The fourth-order valence-electron chi connectivity index (χ4n) is 7.97. The topological polar surface area (TPSA) is 0 Å². The maximum atomic E-state index is 2.71. The Bertz CT molecular complexity index is 449. The van der Waals surface area contributed by atoms with E-state index in [1.807, 2.05) is 0 Å². The summed E-state index contributed by atoms with van der Waals surface area (Å²) in [5.74, 6) is 5.21. The third kappa shape index (κ3) is 1.88. The van der Waals surface area contributed by atoms with Crippen LogP contribution in [0.3, 0.4) is 0 Å². The van der Waals surface area contributed by atoms with Crippen LogP contribution in [0.1, 0.15) is 92.4 Å². The highest BCUT2D eigenvalue weighted by molar-refractivity contribution is 5.11. The molecule has 4 fully saturated rings. The lowest BCUT2D eigenvalue weighted by Crippen LogP contribution is -2.54. The van der Waals surface area contributed by atoms with Gasteiger partial charge < -0.3 is 0 Å². The molecule has 4 unspecified atom stereocenters. The average molecular weight is 303 g/mol. The zero-order chi connectivity index (χ0) is 15.8. The molecule has 4 aliphatic rings. The van der Waals surface area contributed by atoms with E-state index in [2.05, 4.69) is 34.6 Å². The van der Waals surface area contributed by atoms with Gasteiger partial charge >= 0.3 is 0 Å². The van der Waals surface area contributed by atoms with E-state index in [4.69, 9.17) is 0 Å². The summed E-state index contributed by atoms with van der Waals surface area (Å²) in [5.41, 5.74) is 1.92. The van der Waals surface area contributed by atoms with Crippen LogP contribution in [0.4, 0.5) is 0 Å². The van der Waals surface area contributed by atoms with Crippen molar-refractivity contribution in [1.29, 1.82) is 0 Å². The molecule has 4 saturated carbocycles. The molecule has 0 bridgehead atoms. The summed E-state index contributed by atoms with van der Waals surface area (Å²) in [6, 6.07) is 0. The standard InChI is InChI=1S/C22H38/c1-15-8-12-21(4)16(14-15)6-7-17-18(21)10-13-22(5)19(17)9-11-20(22,2)3/h15-19H,6-14H2,1-5H3/t15?,16-,17?,18?,19?,21-,22-/m0/s1. The Balaban J connectivity index is 1.64. The van der Waals surface area contributed by atoms with E-state index in [9.17, 15) is 0 Å². The maximum Gasteiger partial charge on any atom is -0.0243 e. The fraction of sp³-hybridized carbons (Fsp3) is 1.00. The molecular formula is C22H38. The first-order valence-electron chi connectivity index (χ1n) is 10.3. The molecule has 0 spiro atoms. The highest BCUT2D eigenvalue weighted by Crippen LogP contribution is 2.70. The van der Waals surface area contributed by atoms with E-state index in [-0.39, 0.29) is 0 Å². The van der Waals surface area contributed by atoms with Crippen LogP contribution in [0.15, 0.2) is 0 Å². The van der Waals surface area contributed by atoms with E-state index in [0.717, 1.165) is 29.6 Å². The number of rotatable bonds is 0. The zero-order valence-electron chi connectivity index (χ0n) is 15.8. The van der Waals surface area contributed by atoms with Crippen LogP contribution >= 0.6 is 0 Å². The predicted octanol–water partition coefficient (Wildman–Crippen LogP) is 6.69. The van der Waals surface area contributed by atoms with Crippen LogP contribution in [-0.2, 0) is 0 Å². The number of hydrogen-bond donors (Lipinski definition) is 0. The van der Waals surface area contributed by atoms with Gasteiger partial charge in [0.15, 0.2) is 0 Å². The molecule has 0 nitrogen and oxygen atoms in total. The summed E-state index contributed by atoms with van der Waals surface area (Å²) in [5, 5.41) is 0. The van der Waals surface area contributed by atoms with Gasteiger partial charge in [-0.1, -0.05) is 41.0 Å². The Morgan fingerprint density at radius 1 is 0.727 bits per heavy atom. The third-order valence-corrected chi connectivity index (χ3v) is 9.94. The molecule has 0 N–H and O–H groups in total. The van der Waals surface area contributed by atoms with E-state index in [1.54, 1.807) is 19.3 Å². The van der Waals surface area contributed by atoms with E-state index in [1.165, 1.54) is 38.5 Å². The largest absolute Gasteiger partial charge is 0.0625 e. The summed E-state index contributed by atoms with van der Waals surface area (Å²) >= 11 is 0. The van der Waals surface area contributed by atoms with Crippen LogP contribution in [0.2, 0.25) is 0 Å². The van der Waals surface area contributed by atoms with Crippen LogP contribution < -0.4 is 0 Å². The minimum Gasteiger partial charge on any atom is -0.0625 e. The molecule has 126 valence electrons. The smallest absolute Gasteiger partial charge is 0.0243 e. The highest BCUT2D eigenvalue weighted by Gasteiger charge is 2.61. The molecule has 7 atom stereocenters. The molecule has 0 aliphatic heterocycles. The van der Waals surface area contributed by atoms with Crippen molar-refractivity contribution in [3.8, 4) is 0 Å². The fourth-order valence-corrected chi connectivity index (χ4v) is 7.97. The van der Waals surface area contributed by atoms with Gasteiger partial charge in [-0.05, 0) is 97.2 Å². The molecule has 22 heavy (non-hydrogen) atoms. The maximum absolute atomic E-state index is 2.71. The van der Waals surface area contributed by atoms with Crippen LogP contribution in [0.25, 0.3) is 0 Å². The molecule has 0 radical (unpaired) electrons. The van der Waals surface area contributed by atoms with Gasteiger partial charge in [0.05, 0.1) is 0 Å². The molecule has 4 aliphatic carbocycles. The lowest BCUT2D eigenvalue weighted by atomic mass is 9.43. The molecule has 0 aromatic carbocycles. The second-order valence-corrected chi connectivity index (χ2v) is 10.9. The second kappa shape index (κ2) is 4.76. The Morgan fingerprint density at radius 2 is 1.45 bits per heavy atom. The minimum absolute atomic E-state index is 0.585. The van der Waals surface area contributed by atoms with E-state index < -0.39 is 0 Å². The Hall–Kier alpha value is 0. The number of fused-ring (bicyclic) bond motifs is 5. The van der Waals surface area contributed by atoms with Gasteiger partial charge in [-0.2, -0.15) is 0 Å². The van der Waals surface area contributed by atoms with Crippen molar-refractivity contribution >= 4 is 0 Å². The van der Waals surface area contributed by atoms with Crippen LogP contribution in [0, 0.1) is 45.8 Å². The highest BCUT2D eigenvalue weighted by atomic mass is 14.7. The van der Waals surface area contributed by atoms with Crippen LogP contribution in [0.5, 0.6) is 0 Å². The molecular weight excluding hydrogens is 264 g/mol. The van der Waals surface area contributed by atoms with Gasteiger partial charge in [0, 0.05) is 0 Å². The molecule has 0 aromatic rings. The first-order chi connectivity index (χ1) is 10.3. The molecule has 0 saturated heterocycles. The lowest BCUT2D eigenvalue weighted by Gasteiger charge is -2.62. The SMILES string of the molecule is CC1CC[C@]2(C)C3CC[C@@]4(C)C(CCC4(C)C)C3CC[C@H]2C1. The van der Waals surface area contributed by atoms with Crippen molar-refractivity contribution in [1.82, 2.24) is 0 Å². The first kappa shape index (κ1) is 15.5. The van der Waals surface area contributed by atoms with Gasteiger partial charge in [0.1, 0.15) is 0 Å². The molecule has 0 heterocycles. The van der Waals surface area contributed by atoms with E-state index in [0.29, 0.717) is 16.2 Å². The average Bonchev–Trinajstić information content (AvgIpc) is 2.70. The van der Waals surface area contributed by atoms with Gasteiger partial charge in [-0.25, -0.2) is 0 Å².